The van der Waals surface area contributed by atoms with E-state index in [4.69, 9.17) is 39.9 Å². The van der Waals surface area contributed by atoms with Crippen LogP contribution in [-0.2, 0) is 0 Å². The van der Waals surface area contributed by atoms with Crippen molar-refractivity contribution >= 4 is 40.8 Å². The highest BCUT2D eigenvalue weighted by Crippen LogP contribution is 2.26. The van der Waals surface area contributed by atoms with Gasteiger partial charge in [-0.25, -0.2) is 9.78 Å². The molecule has 0 bridgehead atoms. The van der Waals surface area contributed by atoms with Gasteiger partial charge in [0.2, 0.25) is 0 Å². The predicted octanol–water partition coefficient (Wildman–Crippen LogP) is 2.74. The molecular weight excluding hydrogens is 224 g/mol. The van der Waals surface area contributed by atoms with Crippen molar-refractivity contribution in [2.75, 3.05) is 0 Å². The zero-order valence-electron chi connectivity index (χ0n) is 5.51. The second-order valence-corrected chi connectivity index (χ2v) is 3.07. The Labute approximate surface area is 82.9 Å². The van der Waals surface area contributed by atoms with Crippen LogP contribution < -0.4 is 0 Å². The summed E-state index contributed by atoms with van der Waals surface area (Å²) in [5, 5.41) is 8.53. The fourth-order valence-electron chi connectivity index (χ4n) is 0.611. The summed E-state index contributed by atoms with van der Waals surface area (Å²) in [5.74, 6) is -1.26. The number of hydrogen-bond acceptors (Lipinski definition) is 2. The Balaban J connectivity index is 3.37. The van der Waals surface area contributed by atoms with E-state index in [-0.39, 0.29) is 20.9 Å². The Morgan fingerprint density at radius 3 is 2.50 bits per heavy atom. The minimum Gasteiger partial charge on any atom is -0.476 e. The van der Waals surface area contributed by atoms with Crippen LogP contribution in [0.15, 0.2) is 6.07 Å². The maximum atomic E-state index is 10.5. The Kier molecular flexibility index (Phi) is 2.77. The molecule has 3 nitrogen and oxygen atoms in total. The van der Waals surface area contributed by atoms with E-state index in [9.17, 15) is 4.79 Å². The van der Waals surface area contributed by atoms with Crippen LogP contribution in [0.2, 0.25) is 15.2 Å². The molecular formula is C6H2Cl3NO2. The molecule has 0 unspecified atom stereocenters. The summed E-state index contributed by atoms with van der Waals surface area (Å²) >= 11 is 16.5. The van der Waals surface area contributed by atoms with Crippen LogP contribution in [0.4, 0.5) is 0 Å². The monoisotopic (exact) mass is 225 g/mol. The first-order chi connectivity index (χ1) is 5.52. The molecule has 0 aliphatic rings. The van der Waals surface area contributed by atoms with Crippen LogP contribution in [-0.4, -0.2) is 16.1 Å². The van der Waals surface area contributed by atoms with Gasteiger partial charge in [-0.3, -0.25) is 0 Å². The van der Waals surface area contributed by atoms with E-state index in [1.807, 2.05) is 0 Å². The standard InChI is InChI=1S/C6H2Cl3NO2/c7-2-1-3(8)10-5(4(2)9)6(11)12/h1H,(H,11,12). The van der Waals surface area contributed by atoms with Crippen molar-refractivity contribution in [1.29, 1.82) is 0 Å². The second kappa shape index (κ2) is 3.47. The van der Waals surface area contributed by atoms with Gasteiger partial charge in [-0.2, -0.15) is 0 Å². The Morgan fingerprint density at radius 1 is 1.42 bits per heavy atom. The van der Waals surface area contributed by atoms with Crippen LogP contribution in [0.25, 0.3) is 0 Å². The van der Waals surface area contributed by atoms with E-state index in [1.165, 1.54) is 6.07 Å². The second-order valence-electron chi connectivity index (χ2n) is 1.89. The molecule has 0 spiro atoms. The molecule has 0 atom stereocenters. The molecule has 1 heterocycles. The molecule has 1 aromatic heterocycles. The van der Waals surface area contributed by atoms with Gasteiger partial charge in [0.15, 0.2) is 5.69 Å². The van der Waals surface area contributed by atoms with Crippen molar-refractivity contribution in [3.8, 4) is 0 Å². The number of hydrogen-bond donors (Lipinski definition) is 1. The number of carboxylic acid groups (broad SMARTS) is 1. The van der Waals surface area contributed by atoms with Gasteiger partial charge in [0.05, 0.1) is 10.0 Å². The van der Waals surface area contributed by atoms with Crippen LogP contribution >= 0.6 is 34.8 Å². The summed E-state index contributed by atoms with van der Waals surface area (Å²) in [7, 11) is 0. The molecule has 0 amide bonds. The Hall–Kier alpha value is -0.510. The first-order valence-electron chi connectivity index (χ1n) is 2.77. The lowest BCUT2D eigenvalue weighted by molar-refractivity contribution is 0.0690. The number of carboxylic acids is 1. The van der Waals surface area contributed by atoms with Gasteiger partial charge >= 0.3 is 5.97 Å². The van der Waals surface area contributed by atoms with Gasteiger partial charge < -0.3 is 5.11 Å². The number of pyridine rings is 1. The summed E-state index contributed by atoms with van der Waals surface area (Å²) in [4.78, 5) is 13.9. The predicted molar refractivity (Wildman–Crippen MR) is 46.2 cm³/mol. The van der Waals surface area contributed by atoms with E-state index in [0.717, 1.165) is 0 Å². The lowest BCUT2D eigenvalue weighted by Crippen LogP contribution is -2.01. The molecule has 0 saturated carbocycles. The third kappa shape index (κ3) is 1.80. The van der Waals surface area contributed by atoms with Crippen molar-refractivity contribution in [3.63, 3.8) is 0 Å². The van der Waals surface area contributed by atoms with Gasteiger partial charge in [0.25, 0.3) is 0 Å². The van der Waals surface area contributed by atoms with Crippen molar-refractivity contribution in [2.45, 2.75) is 0 Å². The number of nitrogens with zero attached hydrogens (tertiary/aromatic N) is 1. The molecule has 12 heavy (non-hydrogen) atoms. The highest BCUT2D eigenvalue weighted by molar-refractivity contribution is 6.44. The van der Waals surface area contributed by atoms with Crippen molar-refractivity contribution in [3.05, 3.63) is 27.0 Å². The molecule has 0 aromatic carbocycles. The SMILES string of the molecule is O=C(O)c1nc(Cl)cc(Cl)c1Cl. The molecule has 1 N–H and O–H groups in total. The third-order valence-electron chi connectivity index (χ3n) is 1.08. The van der Waals surface area contributed by atoms with Gasteiger partial charge in [-0.05, 0) is 6.07 Å². The maximum Gasteiger partial charge on any atom is 0.356 e. The maximum absolute atomic E-state index is 10.5. The molecule has 1 rings (SSSR count). The van der Waals surface area contributed by atoms with E-state index >= 15 is 0 Å². The Bertz CT molecular complexity index is 340. The zero-order valence-corrected chi connectivity index (χ0v) is 7.78. The number of halogens is 3. The van der Waals surface area contributed by atoms with Crippen molar-refractivity contribution in [1.82, 2.24) is 4.98 Å². The lowest BCUT2D eigenvalue weighted by atomic mass is 10.3. The largest absolute Gasteiger partial charge is 0.476 e. The molecule has 0 aliphatic carbocycles. The third-order valence-corrected chi connectivity index (χ3v) is 2.06. The fourth-order valence-corrected chi connectivity index (χ4v) is 1.23. The minimum absolute atomic E-state index is 0.00167. The average molecular weight is 226 g/mol. The summed E-state index contributed by atoms with van der Waals surface area (Å²) < 4.78 is 0. The molecule has 0 fully saturated rings. The number of rotatable bonds is 1. The van der Waals surface area contributed by atoms with Crippen molar-refractivity contribution < 1.29 is 9.90 Å². The molecule has 0 aliphatic heterocycles. The van der Waals surface area contributed by atoms with Crippen LogP contribution in [0.5, 0.6) is 0 Å². The molecule has 6 heteroatoms. The van der Waals surface area contributed by atoms with E-state index in [0.29, 0.717) is 0 Å². The lowest BCUT2D eigenvalue weighted by Gasteiger charge is -1.99. The van der Waals surface area contributed by atoms with E-state index in [1.54, 1.807) is 0 Å². The highest BCUT2D eigenvalue weighted by Gasteiger charge is 2.14. The van der Waals surface area contributed by atoms with Gasteiger partial charge in [-0.15, -0.1) is 0 Å². The first kappa shape index (κ1) is 9.58. The van der Waals surface area contributed by atoms with E-state index in [2.05, 4.69) is 4.98 Å². The van der Waals surface area contributed by atoms with Crippen LogP contribution in [0.3, 0.4) is 0 Å². The normalized spacial score (nSPS) is 9.92. The topological polar surface area (TPSA) is 50.2 Å². The number of aromatic nitrogens is 1. The summed E-state index contributed by atoms with van der Waals surface area (Å²) in [6.45, 7) is 0. The van der Waals surface area contributed by atoms with Crippen molar-refractivity contribution in [2.24, 2.45) is 0 Å². The molecule has 64 valence electrons. The van der Waals surface area contributed by atoms with Crippen LogP contribution in [0.1, 0.15) is 10.5 Å². The molecule has 0 radical (unpaired) electrons. The number of carbonyl (C=O) groups is 1. The quantitative estimate of drug-likeness (QED) is 0.749. The van der Waals surface area contributed by atoms with Crippen LogP contribution in [0, 0.1) is 0 Å². The highest BCUT2D eigenvalue weighted by atomic mass is 35.5. The smallest absolute Gasteiger partial charge is 0.356 e. The molecule has 0 saturated heterocycles. The fraction of sp³-hybridized carbons (Fsp3) is 0. The molecule has 1 aromatic rings. The first-order valence-corrected chi connectivity index (χ1v) is 3.90. The summed E-state index contributed by atoms with van der Waals surface area (Å²) in [6.07, 6.45) is 0. The van der Waals surface area contributed by atoms with E-state index < -0.39 is 5.97 Å². The van der Waals surface area contributed by atoms with Gasteiger partial charge in [0.1, 0.15) is 5.15 Å². The average Bonchev–Trinajstić information content (AvgIpc) is 1.96. The minimum atomic E-state index is -1.26. The van der Waals surface area contributed by atoms with Gasteiger partial charge in [0, 0.05) is 0 Å². The number of aromatic carboxylic acids is 1. The zero-order chi connectivity index (χ0) is 9.30. The summed E-state index contributed by atoms with van der Waals surface area (Å²) in [6, 6.07) is 1.28. The summed E-state index contributed by atoms with van der Waals surface area (Å²) in [5.41, 5.74) is -0.339. The van der Waals surface area contributed by atoms with Gasteiger partial charge in [-0.1, -0.05) is 34.8 Å². The Morgan fingerprint density at radius 2 is 2.00 bits per heavy atom.